The van der Waals surface area contributed by atoms with E-state index in [1.54, 1.807) is 42.5 Å². The first-order valence-corrected chi connectivity index (χ1v) is 10.9. The van der Waals surface area contributed by atoms with Gasteiger partial charge in [-0.05, 0) is 53.9 Å². The molecule has 1 atom stereocenters. The summed E-state index contributed by atoms with van der Waals surface area (Å²) < 4.78 is 5.59. The van der Waals surface area contributed by atoms with Crippen molar-refractivity contribution in [2.45, 2.75) is 25.9 Å². The Morgan fingerprint density at radius 1 is 1.03 bits per heavy atom. The zero-order valence-electron chi connectivity index (χ0n) is 18.1. The number of aryl methyl sites for hydroxylation is 1. The summed E-state index contributed by atoms with van der Waals surface area (Å²) in [5.41, 5.74) is 4.64. The molecule has 2 N–H and O–H groups in total. The highest BCUT2D eigenvalue weighted by Crippen LogP contribution is 2.31. The Hall–Kier alpha value is -4.19. The molecule has 164 valence electrons. The molecule has 1 aliphatic rings. The van der Waals surface area contributed by atoms with E-state index in [0.29, 0.717) is 28.6 Å². The number of nitrogens with one attached hydrogen (secondary N) is 2. The van der Waals surface area contributed by atoms with Crippen molar-refractivity contribution in [2.75, 3.05) is 5.32 Å². The van der Waals surface area contributed by atoms with Crippen LogP contribution in [0.3, 0.4) is 0 Å². The maximum atomic E-state index is 12.9. The van der Waals surface area contributed by atoms with Crippen LogP contribution in [0, 0.1) is 0 Å². The number of pyridine rings is 1. The number of aromatic amines is 1. The van der Waals surface area contributed by atoms with E-state index < -0.39 is 5.97 Å². The lowest BCUT2D eigenvalue weighted by molar-refractivity contribution is 0.0252. The monoisotopic (exact) mass is 438 g/mol. The van der Waals surface area contributed by atoms with Crippen LogP contribution < -0.4 is 10.7 Å². The molecule has 0 bridgehead atoms. The van der Waals surface area contributed by atoms with Crippen LogP contribution in [0.4, 0.5) is 5.69 Å². The number of anilines is 1. The zero-order valence-corrected chi connectivity index (χ0v) is 18.1. The lowest BCUT2D eigenvalue weighted by Crippen LogP contribution is -2.23. The number of carbonyl (C=O) groups is 2. The van der Waals surface area contributed by atoms with Gasteiger partial charge < -0.3 is 15.0 Å². The summed E-state index contributed by atoms with van der Waals surface area (Å²) in [6.07, 6.45) is 0.850. The van der Waals surface area contributed by atoms with Crippen molar-refractivity contribution in [1.29, 1.82) is 0 Å². The van der Waals surface area contributed by atoms with E-state index in [2.05, 4.69) is 10.3 Å². The smallest absolute Gasteiger partial charge is 0.339 e. The van der Waals surface area contributed by atoms with Gasteiger partial charge in [0.1, 0.15) is 6.10 Å². The second-order valence-corrected chi connectivity index (χ2v) is 8.11. The van der Waals surface area contributed by atoms with Gasteiger partial charge in [-0.3, -0.25) is 9.59 Å². The number of hydrogen-bond donors (Lipinski definition) is 2. The van der Waals surface area contributed by atoms with Crippen LogP contribution in [-0.4, -0.2) is 16.9 Å². The average Bonchev–Trinajstić information content (AvgIpc) is 2.84. The Morgan fingerprint density at radius 3 is 2.64 bits per heavy atom. The Bertz CT molecular complexity index is 1440. The van der Waals surface area contributed by atoms with Crippen molar-refractivity contribution in [3.63, 3.8) is 0 Å². The molecule has 3 aromatic carbocycles. The molecule has 0 saturated carbocycles. The third-order valence-corrected chi connectivity index (χ3v) is 5.94. The highest BCUT2D eigenvalue weighted by molar-refractivity contribution is 6.06. The van der Waals surface area contributed by atoms with E-state index in [1.807, 2.05) is 37.3 Å². The van der Waals surface area contributed by atoms with Gasteiger partial charge >= 0.3 is 5.97 Å². The van der Waals surface area contributed by atoms with Crippen LogP contribution >= 0.6 is 0 Å². The maximum absolute atomic E-state index is 12.9. The molecule has 1 aromatic heterocycles. The fourth-order valence-electron chi connectivity index (χ4n) is 4.16. The maximum Gasteiger partial charge on any atom is 0.339 e. The molecule has 1 unspecified atom stereocenters. The average molecular weight is 438 g/mol. The fraction of sp³-hybridized carbons (Fsp3) is 0.148. The number of ether oxygens (including phenoxy) is 1. The van der Waals surface area contributed by atoms with E-state index in [1.165, 1.54) is 0 Å². The summed E-state index contributed by atoms with van der Waals surface area (Å²) in [7, 11) is 0. The molecule has 0 saturated heterocycles. The number of amides is 1. The van der Waals surface area contributed by atoms with Crippen molar-refractivity contribution in [2.24, 2.45) is 0 Å². The van der Waals surface area contributed by atoms with Crippen LogP contribution in [0.1, 0.15) is 50.6 Å². The number of cyclic esters (lactones) is 1. The van der Waals surface area contributed by atoms with Crippen molar-refractivity contribution in [3.8, 4) is 0 Å². The number of hydrogen-bond acceptors (Lipinski definition) is 4. The molecule has 5 rings (SSSR count). The third kappa shape index (κ3) is 4.03. The number of rotatable bonds is 4. The van der Waals surface area contributed by atoms with E-state index in [0.717, 1.165) is 28.8 Å². The molecule has 33 heavy (non-hydrogen) atoms. The molecule has 2 heterocycles. The largest absolute Gasteiger partial charge is 0.454 e. The number of carbonyl (C=O) groups excluding carboxylic acids is 2. The highest BCUT2D eigenvalue weighted by atomic mass is 16.5. The first-order chi connectivity index (χ1) is 16.0. The highest BCUT2D eigenvalue weighted by Gasteiger charge is 2.28. The Labute approximate surface area is 190 Å². The summed E-state index contributed by atoms with van der Waals surface area (Å²) >= 11 is 0. The van der Waals surface area contributed by atoms with Crippen molar-refractivity contribution < 1.29 is 14.3 Å². The van der Waals surface area contributed by atoms with Gasteiger partial charge in [0, 0.05) is 40.3 Å². The van der Waals surface area contributed by atoms with Gasteiger partial charge in [-0.15, -0.1) is 0 Å². The van der Waals surface area contributed by atoms with Gasteiger partial charge in [0.15, 0.2) is 5.43 Å². The molecular formula is C27H22N2O4. The van der Waals surface area contributed by atoms with E-state index in [-0.39, 0.29) is 17.4 Å². The number of esters is 1. The number of aromatic nitrogens is 1. The molecule has 0 spiro atoms. The zero-order chi connectivity index (χ0) is 22.9. The summed E-state index contributed by atoms with van der Waals surface area (Å²) in [6, 6.07) is 21.3. The van der Waals surface area contributed by atoms with E-state index in [4.69, 9.17) is 4.74 Å². The third-order valence-electron chi connectivity index (χ3n) is 5.94. The van der Waals surface area contributed by atoms with Gasteiger partial charge in [0.05, 0.1) is 5.56 Å². The summed E-state index contributed by atoms with van der Waals surface area (Å²) in [6.45, 7) is 1.98. The number of benzene rings is 3. The van der Waals surface area contributed by atoms with Gasteiger partial charge in [0.2, 0.25) is 0 Å². The van der Waals surface area contributed by atoms with Gasteiger partial charge in [0.25, 0.3) is 5.91 Å². The van der Waals surface area contributed by atoms with E-state index >= 15 is 0 Å². The van der Waals surface area contributed by atoms with E-state index in [9.17, 15) is 14.4 Å². The van der Waals surface area contributed by atoms with Gasteiger partial charge in [-0.2, -0.15) is 0 Å². The molecule has 0 aliphatic carbocycles. The molecule has 1 amide bonds. The minimum absolute atomic E-state index is 0.0871. The molecule has 6 nitrogen and oxygen atoms in total. The van der Waals surface area contributed by atoms with Crippen molar-refractivity contribution in [1.82, 2.24) is 4.98 Å². The van der Waals surface area contributed by atoms with Crippen molar-refractivity contribution >= 4 is 28.5 Å². The number of fused-ring (bicyclic) bond motifs is 2. The van der Waals surface area contributed by atoms with Crippen LogP contribution in [0.5, 0.6) is 0 Å². The first kappa shape index (κ1) is 20.7. The SMILES string of the molecule is CCc1cc(=O)c2cc(NC(=O)c3ccc4c(c3)CC(c3ccccc3)OC4=O)ccc2[nH]1. The Kier molecular flexibility index (Phi) is 5.26. The van der Waals surface area contributed by atoms with Crippen LogP contribution in [0.15, 0.2) is 77.6 Å². The predicted octanol–water partition coefficient (Wildman–Crippen LogP) is 4.80. The molecule has 0 radical (unpaired) electrons. The van der Waals surface area contributed by atoms with Crippen LogP contribution in [0.25, 0.3) is 10.9 Å². The molecule has 1 aliphatic heterocycles. The fourth-order valence-corrected chi connectivity index (χ4v) is 4.16. The molecular weight excluding hydrogens is 416 g/mol. The second kappa shape index (κ2) is 8.39. The predicted molar refractivity (Wildman–Crippen MR) is 127 cm³/mol. The minimum atomic E-state index is -0.391. The lowest BCUT2D eigenvalue weighted by Gasteiger charge is -2.25. The normalized spacial score (nSPS) is 15.1. The molecule has 4 aromatic rings. The molecule has 0 fully saturated rings. The molecule has 6 heteroatoms. The van der Waals surface area contributed by atoms with Gasteiger partial charge in [-0.25, -0.2) is 4.79 Å². The number of H-pyrrole nitrogens is 1. The van der Waals surface area contributed by atoms with Crippen LogP contribution in [-0.2, 0) is 17.6 Å². The van der Waals surface area contributed by atoms with Crippen LogP contribution in [0.2, 0.25) is 0 Å². The summed E-state index contributed by atoms with van der Waals surface area (Å²) in [4.78, 5) is 41.1. The minimum Gasteiger partial charge on any atom is -0.454 e. The summed E-state index contributed by atoms with van der Waals surface area (Å²) in [5.74, 6) is -0.703. The standard InChI is InChI=1S/C27H22N2O4/c1-2-19-15-24(30)22-14-20(9-11-23(22)28-19)29-26(31)17-8-10-21-18(12-17)13-25(33-27(21)32)16-6-4-3-5-7-16/h3-12,14-15,25H,2,13H2,1H3,(H,28,30)(H,29,31). The topological polar surface area (TPSA) is 88.3 Å². The van der Waals surface area contributed by atoms with Gasteiger partial charge in [-0.1, -0.05) is 37.3 Å². The summed E-state index contributed by atoms with van der Waals surface area (Å²) in [5, 5.41) is 3.38. The Morgan fingerprint density at radius 2 is 1.85 bits per heavy atom. The Balaban J connectivity index is 1.40. The first-order valence-electron chi connectivity index (χ1n) is 10.9. The lowest BCUT2D eigenvalue weighted by atomic mass is 9.93. The second-order valence-electron chi connectivity index (χ2n) is 8.11. The van der Waals surface area contributed by atoms with Crippen molar-refractivity contribution in [3.05, 3.63) is 111 Å². The quantitative estimate of drug-likeness (QED) is 0.448.